The van der Waals surface area contributed by atoms with Gasteiger partial charge < -0.3 is 15.1 Å². The van der Waals surface area contributed by atoms with Gasteiger partial charge in [0.1, 0.15) is 0 Å². The van der Waals surface area contributed by atoms with Crippen molar-refractivity contribution < 1.29 is 0 Å². The van der Waals surface area contributed by atoms with Crippen LogP contribution in [0.1, 0.15) is 70.8 Å². The summed E-state index contributed by atoms with van der Waals surface area (Å²) in [7, 11) is 0. The van der Waals surface area contributed by atoms with Crippen molar-refractivity contribution in [2.75, 3.05) is 37.6 Å². The molecular formula is C25H41N3. The molecule has 1 aromatic carbocycles. The molecule has 28 heavy (non-hydrogen) atoms. The average molecular weight is 384 g/mol. The van der Waals surface area contributed by atoms with Crippen LogP contribution in [-0.4, -0.2) is 43.7 Å². The largest absolute Gasteiger partial charge is 0.371 e. The fraction of sp³-hybridized carbons (Fsp3) is 0.760. The molecule has 3 fully saturated rings. The van der Waals surface area contributed by atoms with Crippen molar-refractivity contribution in [1.29, 1.82) is 0 Å². The monoisotopic (exact) mass is 383 g/mol. The van der Waals surface area contributed by atoms with Crippen LogP contribution in [-0.2, 0) is 6.54 Å². The molecule has 0 unspecified atom stereocenters. The molecule has 1 spiro atoms. The first-order valence-corrected chi connectivity index (χ1v) is 11.9. The molecule has 3 aliphatic rings. The smallest absolute Gasteiger partial charge is 0.0366 e. The summed E-state index contributed by atoms with van der Waals surface area (Å²) in [5, 5.41) is 3.57. The van der Waals surface area contributed by atoms with Gasteiger partial charge >= 0.3 is 0 Å². The predicted molar refractivity (Wildman–Crippen MR) is 120 cm³/mol. The Morgan fingerprint density at radius 1 is 0.964 bits per heavy atom. The van der Waals surface area contributed by atoms with E-state index in [-0.39, 0.29) is 0 Å². The van der Waals surface area contributed by atoms with Gasteiger partial charge in [0, 0.05) is 31.4 Å². The van der Waals surface area contributed by atoms with E-state index >= 15 is 0 Å². The summed E-state index contributed by atoms with van der Waals surface area (Å²) in [5.41, 5.74) is 3.48. The van der Waals surface area contributed by atoms with E-state index in [9.17, 15) is 0 Å². The number of likely N-dealkylation sites (tertiary alicyclic amines) is 1. The third-order valence-corrected chi connectivity index (χ3v) is 7.80. The van der Waals surface area contributed by atoms with Crippen molar-refractivity contribution in [3.8, 4) is 0 Å². The lowest BCUT2D eigenvalue weighted by molar-refractivity contribution is 0.0306. The van der Waals surface area contributed by atoms with Gasteiger partial charge in [-0.25, -0.2) is 0 Å². The summed E-state index contributed by atoms with van der Waals surface area (Å²) >= 11 is 0. The molecule has 0 atom stereocenters. The summed E-state index contributed by atoms with van der Waals surface area (Å²) in [5.74, 6) is 0.780. The van der Waals surface area contributed by atoms with Crippen molar-refractivity contribution >= 4 is 5.69 Å². The van der Waals surface area contributed by atoms with Gasteiger partial charge in [-0.15, -0.1) is 0 Å². The Morgan fingerprint density at radius 3 is 2.18 bits per heavy atom. The summed E-state index contributed by atoms with van der Waals surface area (Å²) in [4.78, 5) is 5.43. The molecule has 1 saturated carbocycles. The third kappa shape index (κ3) is 4.91. The Bertz CT molecular complexity index is 587. The minimum atomic E-state index is 0.650. The van der Waals surface area contributed by atoms with Crippen LogP contribution in [0.2, 0.25) is 0 Å². The number of benzene rings is 1. The molecule has 3 heteroatoms. The number of piperidine rings is 2. The second-order valence-corrected chi connectivity index (χ2v) is 10.1. The molecule has 1 aromatic rings. The van der Waals surface area contributed by atoms with Crippen LogP contribution in [0.4, 0.5) is 5.69 Å². The van der Waals surface area contributed by atoms with Crippen LogP contribution in [0.3, 0.4) is 0 Å². The van der Waals surface area contributed by atoms with E-state index in [0.717, 1.165) is 25.0 Å². The normalized spacial score (nSPS) is 23.3. The molecule has 1 N–H and O–H groups in total. The third-order valence-electron chi connectivity index (χ3n) is 7.80. The van der Waals surface area contributed by atoms with E-state index < -0.39 is 0 Å². The van der Waals surface area contributed by atoms with Gasteiger partial charge in [-0.1, -0.05) is 32.4 Å². The lowest BCUT2D eigenvalue weighted by atomic mass is 9.70. The minimum absolute atomic E-state index is 0.650. The number of anilines is 1. The molecule has 4 rings (SSSR count). The van der Waals surface area contributed by atoms with Gasteiger partial charge in [0.25, 0.3) is 0 Å². The molecule has 0 amide bonds. The van der Waals surface area contributed by atoms with E-state index in [1.807, 2.05) is 0 Å². The van der Waals surface area contributed by atoms with Crippen molar-refractivity contribution in [2.24, 2.45) is 11.3 Å². The Kier molecular flexibility index (Phi) is 6.62. The lowest BCUT2D eigenvalue weighted by Gasteiger charge is -2.50. The number of nitrogens with zero attached hydrogens (tertiary/aromatic N) is 2. The first-order chi connectivity index (χ1) is 13.6. The van der Waals surface area contributed by atoms with Crippen LogP contribution in [0, 0.1) is 11.3 Å². The van der Waals surface area contributed by atoms with Crippen LogP contribution in [0.5, 0.6) is 0 Å². The molecular weight excluding hydrogens is 342 g/mol. The molecule has 3 nitrogen and oxygen atoms in total. The number of hydrogen-bond donors (Lipinski definition) is 1. The highest BCUT2D eigenvalue weighted by Gasteiger charge is 2.39. The first-order valence-electron chi connectivity index (χ1n) is 11.9. The predicted octanol–water partition coefficient (Wildman–Crippen LogP) is 5.06. The summed E-state index contributed by atoms with van der Waals surface area (Å²) in [6, 6.07) is 10.3. The van der Waals surface area contributed by atoms with Crippen LogP contribution >= 0.6 is 0 Å². The summed E-state index contributed by atoms with van der Waals surface area (Å²) < 4.78 is 0. The van der Waals surface area contributed by atoms with Crippen LogP contribution in [0.25, 0.3) is 0 Å². The standard InChI is InChI=1S/C25H41N3/c1-21(2)10-15-26-20-22-6-8-24(9-7-22)28-18-13-25(14-19-28)11-16-27(17-12-25)23-4-3-5-23/h6-9,21,23,26H,3-5,10-20H2,1-2H3. The number of hydrogen-bond acceptors (Lipinski definition) is 3. The molecule has 0 aromatic heterocycles. The molecule has 1 aliphatic carbocycles. The van der Waals surface area contributed by atoms with E-state index in [0.29, 0.717) is 5.41 Å². The number of rotatable bonds is 7. The van der Waals surface area contributed by atoms with Gasteiger partial charge in [0.05, 0.1) is 0 Å². The van der Waals surface area contributed by atoms with Gasteiger partial charge in [-0.3, -0.25) is 0 Å². The van der Waals surface area contributed by atoms with E-state index in [1.165, 1.54) is 88.8 Å². The second-order valence-electron chi connectivity index (χ2n) is 10.1. The second kappa shape index (κ2) is 9.17. The van der Waals surface area contributed by atoms with E-state index in [4.69, 9.17) is 0 Å². The highest BCUT2D eigenvalue weighted by atomic mass is 15.2. The maximum Gasteiger partial charge on any atom is 0.0366 e. The Hall–Kier alpha value is -1.06. The fourth-order valence-electron chi connectivity index (χ4n) is 5.30. The number of nitrogens with one attached hydrogen (secondary N) is 1. The van der Waals surface area contributed by atoms with E-state index in [1.54, 1.807) is 0 Å². The van der Waals surface area contributed by atoms with Gasteiger partial charge in [-0.2, -0.15) is 0 Å². The Labute approximate surface area is 172 Å². The topological polar surface area (TPSA) is 18.5 Å². The highest BCUT2D eigenvalue weighted by Crippen LogP contribution is 2.43. The quantitative estimate of drug-likeness (QED) is 0.664. The maximum atomic E-state index is 3.57. The average Bonchev–Trinajstić information content (AvgIpc) is 2.67. The van der Waals surface area contributed by atoms with Crippen LogP contribution in [0.15, 0.2) is 24.3 Å². The highest BCUT2D eigenvalue weighted by molar-refractivity contribution is 5.48. The Morgan fingerprint density at radius 2 is 1.61 bits per heavy atom. The molecule has 0 bridgehead atoms. The summed E-state index contributed by atoms with van der Waals surface area (Å²) in [6.07, 6.45) is 11.3. The van der Waals surface area contributed by atoms with Crippen molar-refractivity contribution in [3.63, 3.8) is 0 Å². The minimum Gasteiger partial charge on any atom is -0.371 e. The molecule has 0 radical (unpaired) electrons. The lowest BCUT2D eigenvalue weighted by Crippen LogP contribution is -2.50. The van der Waals surface area contributed by atoms with E-state index in [2.05, 4.69) is 53.2 Å². The maximum absolute atomic E-state index is 3.57. The molecule has 156 valence electrons. The van der Waals surface area contributed by atoms with Gasteiger partial charge in [0.2, 0.25) is 0 Å². The van der Waals surface area contributed by atoms with Crippen LogP contribution < -0.4 is 10.2 Å². The zero-order chi connectivity index (χ0) is 19.4. The first kappa shape index (κ1) is 20.2. The fourth-order valence-corrected chi connectivity index (χ4v) is 5.30. The molecule has 2 aliphatic heterocycles. The zero-order valence-corrected chi connectivity index (χ0v) is 18.3. The molecule has 2 heterocycles. The van der Waals surface area contributed by atoms with Crippen molar-refractivity contribution in [3.05, 3.63) is 29.8 Å². The van der Waals surface area contributed by atoms with Crippen molar-refractivity contribution in [1.82, 2.24) is 10.2 Å². The van der Waals surface area contributed by atoms with Gasteiger partial charge in [0.15, 0.2) is 0 Å². The SMILES string of the molecule is CC(C)CCNCc1ccc(N2CCC3(CC2)CCN(C2CCC2)CC3)cc1. The Balaban J connectivity index is 1.21. The van der Waals surface area contributed by atoms with Crippen molar-refractivity contribution in [2.45, 2.75) is 77.8 Å². The van der Waals surface area contributed by atoms with Gasteiger partial charge in [-0.05, 0) is 93.6 Å². The zero-order valence-electron chi connectivity index (χ0n) is 18.3. The summed E-state index contributed by atoms with van der Waals surface area (Å²) in [6.45, 7) is 11.9. The molecule has 2 saturated heterocycles.